The molecule has 0 aliphatic carbocycles. The Morgan fingerprint density at radius 2 is 2.17 bits per heavy atom. The van der Waals surface area contributed by atoms with Crippen LogP contribution in [0, 0.1) is 5.92 Å². The van der Waals surface area contributed by atoms with Gasteiger partial charge >= 0.3 is 6.03 Å². The molecular weight excluding hydrogens is 294 g/mol. The largest absolute Gasteiger partial charge is 0.369 e. The fraction of sp³-hybridized carbons (Fsp3) is 0.312. The minimum Gasteiger partial charge on any atom is -0.369 e. The van der Waals surface area contributed by atoms with Gasteiger partial charge in [0.2, 0.25) is 5.91 Å². The van der Waals surface area contributed by atoms with Crippen molar-refractivity contribution in [1.82, 2.24) is 19.8 Å². The van der Waals surface area contributed by atoms with E-state index in [1.165, 1.54) is 0 Å². The SMILES string of the molecule is NC(=O)C1CCN(C(=O)NCc2ccccc2-n2ccnc2)C1. The molecule has 0 spiro atoms. The fourth-order valence-electron chi connectivity index (χ4n) is 2.77. The van der Waals surface area contributed by atoms with Gasteiger partial charge in [0.05, 0.1) is 17.9 Å². The second kappa shape index (κ2) is 6.51. The molecule has 1 fully saturated rings. The molecule has 1 atom stereocenters. The Morgan fingerprint density at radius 1 is 1.35 bits per heavy atom. The number of hydrogen-bond acceptors (Lipinski definition) is 3. The number of primary amides is 1. The number of benzene rings is 1. The van der Waals surface area contributed by atoms with Crippen LogP contribution in [-0.2, 0) is 11.3 Å². The number of amides is 3. The number of nitrogens with one attached hydrogen (secondary N) is 1. The highest BCUT2D eigenvalue weighted by Crippen LogP contribution is 2.17. The zero-order valence-corrected chi connectivity index (χ0v) is 12.7. The third kappa shape index (κ3) is 3.33. The van der Waals surface area contributed by atoms with E-state index in [1.54, 1.807) is 17.4 Å². The van der Waals surface area contributed by atoms with Crippen molar-refractivity contribution in [3.63, 3.8) is 0 Å². The van der Waals surface area contributed by atoms with Crippen molar-refractivity contribution in [1.29, 1.82) is 0 Å². The first kappa shape index (κ1) is 15.1. The summed E-state index contributed by atoms with van der Waals surface area (Å²) >= 11 is 0. The molecule has 23 heavy (non-hydrogen) atoms. The van der Waals surface area contributed by atoms with Gasteiger partial charge in [-0.3, -0.25) is 4.79 Å². The fourth-order valence-corrected chi connectivity index (χ4v) is 2.77. The van der Waals surface area contributed by atoms with Gasteiger partial charge in [0.25, 0.3) is 0 Å². The third-order valence-corrected chi connectivity index (χ3v) is 4.08. The minimum absolute atomic E-state index is 0.172. The van der Waals surface area contributed by atoms with Crippen LogP contribution < -0.4 is 11.1 Å². The molecule has 2 aromatic rings. The Balaban J connectivity index is 1.63. The van der Waals surface area contributed by atoms with Crippen LogP contribution in [0.2, 0.25) is 0 Å². The van der Waals surface area contributed by atoms with E-state index in [-0.39, 0.29) is 17.9 Å². The summed E-state index contributed by atoms with van der Waals surface area (Å²) in [4.78, 5) is 29.1. The summed E-state index contributed by atoms with van der Waals surface area (Å²) < 4.78 is 1.90. The number of carbonyl (C=O) groups excluding carboxylic acids is 2. The molecule has 3 amide bonds. The molecule has 1 unspecified atom stereocenters. The Bertz CT molecular complexity index is 698. The number of rotatable bonds is 4. The second-order valence-electron chi connectivity index (χ2n) is 5.59. The summed E-state index contributed by atoms with van der Waals surface area (Å²) in [6, 6.07) is 7.64. The van der Waals surface area contributed by atoms with Crippen molar-refractivity contribution < 1.29 is 9.59 Å². The van der Waals surface area contributed by atoms with Gasteiger partial charge in [0.1, 0.15) is 0 Å². The maximum atomic E-state index is 12.2. The number of nitrogens with two attached hydrogens (primary N) is 1. The van der Waals surface area contributed by atoms with Gasteiger partial charge in [-0.05, 0) is 18.1 Å². The molecule has 7 nitrogen and oxygen atoms in total. The van der Waals surface area contributed by atoms with Crippen LogP contribution in [0.1, 0.15) is 12.0 Å². The Labute approximate surface area is 134 Å². The third-order valence-electron chi connectivity index (χ3n) is 4.08. The summed E-state index contributed by atoms with van der Waals surface area (Å²) in [5.41, 5.74) is 7.26. The monoisotopic (exact) mass is 313 g/mol. The van der Waals surface area contributed by atoms with Crippen LogP contribution in [0.5, 0.6) is 0 Å². The first-order chi connectivity index (χ1) is 11.1. The maximum Gasteiger partial charge on any atom is 0.317 e. The van der Waals surface area contributed by atoms with E-state index in [9.17, 15) is 9.59 Å². The van der Waals surface area contributed by atoms with E-state index >= 15 is 0 Å². The highest BCUT2D eigenvalue weighted by Gasteiger charge is 2.29. The summed E-state index contributed by atoms with van der Waals surface area (Å²) in [6.45, 7) is 1.36. The molecule has 1 aromatic heterocycles. The van der Waals surface area contributed by atoms with E-state index in [0.717, 1.165) is 11.3 Å². The first-order valence-corrected chi connectivity index (χ1v) is 7.53. The summed E-state index contributed by atoms with van der Waals surface area (Å²) in [6.07, 6.45) is 5.93. The van der Waals surface area contributed by atoms with Crippen molar-refractivity contribution >= 4 is 11.9 Å². The van der Waals surface area contributed by atoms with Crippen LogP contribution in [0.3, 0.4) is 0 Å². The van der Waals surface area contributed by atoms with E-state index in [1.807, 2.05) is 35.0 Å². The number of hydrogen-bond donors (Lipinski definition) is 2. The molecule has 2 heterocycles. The molecule has 3 rings (SSSR count). The summed E-state index contributed by atoms with van der Waals surface area (Å²) in [5.74, 6) is -0.579. The van der Waals surface area contributed by atoms with Crippen molar-refractivity contribution in [3.8, 4) is 5.69 Å². The number of nitrogens with zero attached hydrogens (tertiary/aromatic N) is 3. The zero-order valence-electron chi connectivity index (χ0n) is 12.7. The number of para-hydroxylation sites is 1. The Kier molecular flexibility index (Phi) is 4.27. The number of carbonyl (C=O) groups is 2. The second-order valence-corrected chi connectivity index (χ2v) is 5.59. The average Bonchev–Trinajstić information content (AvgIpc) is 3.24. The molecule has 0 saturated carbocycles. The van der Waals surface area contributed by atoms with Crippen LogP contribution in [-0.4, -0.2) is 39.5 Å². The van der Waals surface area contributed by atoms with Gasteiger partial charge in [-0.15, -0.1) is 0 Å². The lowest BCUT2D eigenvalue weighted by atomic mass is 10.1. The Morgan fingerprint density at radius 3 is 2.87 bits per heavy atom. The van der Waals surface area contributed by atoms with Gasteiger partial charge in [0, 0.05) is 32.0 Å². The zero-order chi connectivity index (χ0) is 16.2. The lowest BCUT2D eigenvalue weighted by Crippen LogP contribution is -2.39. The van der Waals surface area contributed by atoms with Gasteiger partial charge in [-0.2, -0.15) is 0 Å². The number of aromatic nitrogens is 2. The van der Waals surface area contributed by atoms with Crippen molar-refractivity contribution in [2.75, 3.05) is 13.1 Å². The van der Waals surface area contributed by atoms with E-state index in [0.29, 0.717) is 26.1 Å². The quantitative estimate of drug-likeness (QED) is 0.878. The Hall–Kier alpha value is -2.83. The van der Waals surface area contributed by atoms with E-state index in [4.69, 9.17) is 5.73 Å². The van der Waals surface area contributed by atoms with E-state index in [2.05, 4.69) is 10.3 Å². The predicted molar refractivity (Wildman–Crippen MR) is 84.7 cm³/mol. The normalized spacial score (nSPS) is 17.2. The highest BCUT2D eigenvalue weighted by atomic mass is 16.2. The molecule has 0 radical (unpaired) electrons. The highest BCUT2D eigenvalue weighted by molar-refractivity contribution is 5.80. The number of urea groups is 1. The van der Waals surface area contributed by atoms with Crippen LogP contribution in [0.15, 0.2) is 43.0 Å². The number of imidazole rings is 1. The summed E-state index contributed by atoms with van der Waals surface area (Å²) in [7, 11) is 0. The molecule has 120 valence electrons. The molecule has 0 bridgehead atoms. The van der Waals surface area contributed by atoms with Crippen LogP contribution >= 0.6 is 0 Å². The number of likely N-dealkylation sites (tertiary alicyclic amines) is 1. The lowest BCUT2D eigenvalue weighted by Gasteiger charge is -2.18. The van der Waals surface area contributed by atoms with Gasteiger partial charge in [-0.1, -0.05) is 18.2 Å². The smallest absolute Gasteiger partial charge is 0.317 e. The molecule has 1 aliphatic rings. The van der Waals surface area contributed by atoms with Gasteiger partial charge < -0.3 is 20.5 Å². The molecular formula is C16H19N5O2. The molecule has 1 aromatic carbocycles. The average molecular weight is 313 g/mol. The minimum atomic E-state index is -0.342. The van der Waals surface area contributed by atoms with Crippen LogP contribution in [0.4, 0.5) is 4.79 Å². The van der Waals surface area contributed by atoms with E-state index < -0.39 is 0 Å². The topological polar surface area (TPSA) is 93.3 Å². The molecule has 1 aliphatic heterocycles. The van der Waals surface area contributed by atoms with Crippen molar-refractivity contribution in [2.24, 2.45) is 11.7 Å². The first-order valence-electron chi connectivity index (χ1n) is 7.53. The van der Waals surface area contributed by atoms with Crippen molar-refractivity contribution in [2.45, 2.75) is 13.0 Å². The maximum absolute atomic E-state index is 12.2. The van der Waals surface area contributed by atoms with Crippen molar-refractivity contribution in [3.05, 3.63) is 48.5 Å². The molecule has 1 saturated heterocycles. The summed E-state index contributed by atoms with van der Waals surface area (Å²) in [5, 5.41) is 2.90. The molecule has 7 heteroatoms. The van der Waals surface area contributed by atoms with Crippen LogP contribution in [0.25, 0.3) is 5.69 Å². The van der Waals surface area contributed by atoms with Gasteiger partial charge in [-0.25, -0.2) is 9.78 Å². The standard InChI is InChI=1S/C16H19N5O2/c17-15(22)13-5-7-20(10-13)16(23)19-9-12-3-1-2-4-14(12)21-8-6-18-11-21/h1-4,6,8,11,13H,5,7,9-10H2,(H2,17,22)(H,19,23). The lowest BCUT2D eigenvalue weighted by molar-refractivity contribution is -0.121. The molecule has 3 N–H and O–H groups in total. The predicted octanol–water partition coefficient (Wildman–Crippen LogP) is 0.889. The van der Waals surface area contributed by atoms with Gasteiger partial charge in [0.15, 0.2) is 0 Å².